The Morgan fingerprint density at radius 2 is 1.64 bits per heavy atom. The lowest BCUT2D eigenvalue weighted by molar-refractivity contribution is -0.119. The number of hydrogen-bond donors (Lipinski definition) is 1. The second kappa shape index (κ2) is 10.8. The molecule has 0 bridgehead atoms. The molecule has 33 heavy (non-hydrogen) atoms. The second-order valence-electron chi connectivity index (χ2n) is 6.71. The van der Waals surface area contributed by atoms with Gasteiger partial charge >= 0.3 is 5.97 Å². The molecule has 0 fully saturated rings. The normalized spacial score (nSPS) is 11.2. The maximum absolute atomic E-state index is 13.2. The molecule has 1 N–H and O–H groups in total. The number of sulfonamides is 1. The molecule has 0 saturated heterocycles. The number of para-hydroxylation sites is 1. The smallest absolute Gasteiger partial charge is 0.337 e. The Hall–Kier alpha value is -3.69. The maximum atomic E-state index is 13.2. The van der Waals surface area contributed by atoms with Gasteiger partial charge in [-0.15, -0.1) is 0 Å². The molecule has 170 valence electrons. The van der Waals surface area contributed by atoms with Crippen molar-refractivity contribution < 1.29 is 22.7 Å². The summed E-state index contributed by atoms with van der Waals surface area (Å²) in [6.07, 6.45) is 1.37. The molecule has 0 unspecified atom stereocenters. The molecule has 8 nitrogen and oxygen atoms in total. The van der Waals surface area contributed by atoms with Crippen molar-refractivity contribution in [2.24, 2.45) is 5.10 Å². The highest BCUT2D eigenvalue weighted by Gasteiger charge is 2.27. The number of carbonyl (C=O) groups excluding carboxylic acids is 2. The van der Waals surface area contributed by atoms with E-state index in [1.165, 1.54) is 37.6 Å². The third kappa shape index (κ3) is 6.18. The van der Waals surface area contributed by atoms with Gasteiger partial charge in [-0.1, -0.05) is 41.9 Å². The van der Waals surface area contributed by atoms with E-state index < -0.39 is 28.4 Å². The summed E-state index contributed by atoms with van der Waals surface area (Å²) in [4.78, 5) is 24.0. The number of ether oxygens (including phenoxy) is 1. The molecule has 0 aliphatic carbocycles. The fourth-order valence-corrected chi connectivity index (χ4v) is 4.36. The van der Waals surface area contributed by atoms with Gasteiger partial charge in [0.05, 0.1) is 29.5 Å². The summed E-state index contributed by atoms with van der Waals surface area (Å²) in [6.45, 7) is -0.492. The molecule has 10 heteroatoms. The van der Waals surface area contributed by atoms with Crippen molar-refractivity contribution >= 4 is 45.4 Å². The van der Waals surface area contributed by atoms with Gasteiger partial charge in [0.1, 0.15) is 6.54 Å². The predicted molar refractivity (Wildman–Crippen MR) is 126 cm³/mol. The van der Waals surface area contributed by atoms with E-state index in [4.69, 9.17) is 11.6 Å². The van der Waals surface area contributed by atoms with E-state index in [1.54, 1.807) is 54.6 Å². The van der Waals surface area contributed by atoms with Gasteiger partial charge in [0, 0.05) is 5.02 Å². The summed E-state index contributed by atoms with van der Waals surface area (Å²) >= 11 is 5.87. The van der Waals surface area contributed by atoms with Crippen molar-refractivity contribution in [1.29, 1.82) is 0 Å². The average Bonchev–Trinajstić information content (AvgIpc) is 2.83. The molecule has 0 heterocycles. The number of halogens is 1. The van der Waals surface area contributed by atoms with E-state index in [9.17, 15) is 18.0 Å². The second-order valence-corrected chi connectivity index (χ2v) is 9.01. The Balaban J connectivity index is 1.75. The van der Waals surface area contributed by atoms with Gasteiger partial charge in [-0.25, -0.2) is 18.6 Å². The first kappa shape index (κ1) is 24.0. The molecule has 1 amide bonds. The lowest BCUT2D eigenvalue weighted by Crippen LogP contribution is -2.39. The van der Waals surface area contributed by atoms with E-state index in [-0.39, 0.29) is 4.90 Å². The predicted octanol–water partition coefficient (Wildman–Crippen LogP) is 3.47. The molecule has 3 rings (SSSR count). The summed E-state index contributed by atoms with van der Waals surface area (Å²) in [5, 5.41) is 4.26. The lowest BCUT2D eigenvalue weighted by Gasteiger charge is -2.23. The molecular formula is C23H20ClN3O5S. The van der Waals surface area contributed by atoms with Crippen LogP contribution in [0.3, 0.4) is 0 Å². The summed E-state index contributed by atoms with van der Waals surface area (Å²) < 4.78 is 32.1. The van der Waals surface area contributed by atoms with Crippen LogP contribution in [0.25, 0.3) is 0 Å². The van der Waals surface area contributed by atoms with Crippen molar-refractivity contribution in [1.82, 2.24) is 5.43 Å². The fourth-order valence-electron chi connectivity index (χ4n) is 2.81. The van der Waals surface area contributed by atoms with Gasteiger partial charge in [0.2, 0.25) is 0 Å². The first-order valence-corrected chi connectivity index (χ1v) is 11.5. The molecule has 3 aromatic rings. The molecule has 0 saturated carbocycles. The number of hydrogen-bond acceptors (Lipinski definition) is 6. The molecule has 0 aliphatic rings. The molecule has 0 aliphatic heterocycles. The van der Waals surface area contributed by atoms with Crippen LogP contribution >= 0.6 is 11.6 Å². The van der Waals surface area contributed by atoms with E-state index >= 15 is 0 Å². The van der Waals surface area contributed by atoms with Crippen molar-refractivity contribution in [2.75, 3.05) is 18.0 Å². The molecule has 0 atom stereocenters. The SMILES string of the molecule is COC(=O)c1ccc(/C=N\NC(=O)CN(c2ccccc2)S(=O)(=O)c2ccc(Cl)cc2)cc1. The Labute approximate surface area is 196 Å². The van der Waals surface area contributed by atoms with E-state index in [0.717, 1.165) is 4.31 Å². The van der Waals surface area contributed by atoms with Gasteiger partial charge in [-0.3, -0.25) is 9.10 Å². The van der Waals surface area contributed by atoms with Crippen LogP contribution in [0.4, 0.5) is 5.69 Å². The van der Waals surface area contributed by atoms with Gasteiger partial charge in [0.25, 0.3) is 15.9 Å². The summed E-state index contributed by atoms with van der Waals surface area (Å²) in [5.74, 6) is -1.10. The number of hydrazone groups is 1. The van der Waals surface area contributed by atoms with Crippen LogP contribution in [-0.2, 0) is 19.6 Å². The largest absolute Gasteiger partial charge is 0.465 e. The first-order valence-electron chi connectivity index (χ1n) is 9.65. The average molecular weight is 486 g/mol. The number of methoxy groups -OCH3 is 1. The standard InChI is InChI=1S/C23H20ClN3O5S/c1-32-23(29)18-9-7-17(8-10-18)15-25-26-22(28)16-27(20-5-3-2-4-6-20)33(30,31)21-13-11-19(24)12-14-21/h2-15H,16H2,1H3,(H,26,28)/b25-15-. The highest BCUT2D eigenvalue weighted by molar-refractivity contribution is 7.92. The molecular weight excluding hydrogens is 466 g/mol. The first-order chi connectivity index (χ1) is 15.8. The Kier molecular flexibility index (Phi) is 7.81. The zero-order chi connectivity index (χ0) is 23.8. The monoisotopic (exact) mass is 485 g/mol. The van der Waals surface area contributed by atoms with Crippen LogP contribution < -0.4 is 9.73 Å². The fraction of sp³-hybridized carbons (Fsp3) is 0.0870. The minimum Gasteiger partial charge on any atom is -0.465 e. The minimum absolute atomic E-state index is 0.00208. The van der Waals surface area contributed by atoms with Crippen molar-refractivity contribution in [3.8, 4) is 0 Å². The van der Waals surface area contributed by atoms with Crippen LogP contribution in [0.5, 0.6) is 0 Å². The Morgan fingerprint density at radius 3 is 2.24 bits per heavy atom. The number of carbonyl (C=O) groups is 2. The number of amides is 1. The summed E-state index contributed by atoms with van der Waals surface area (Å²) in [6, 6.07) is 20.3. The van der Waals surface area contributed by atoms with Crippen LogP contribution in [0.2, 0.25) is 5.02 Å². The minimum atomic E-state index is -4.04. The zero-order valence-electron chi connectivity index (χ0n) is 17.5. The summed E-state index contributed by atoms with van der Waals surface area (Å²) in [7, 11) is -2.75. The highest BCUT2D eigenvalue weighted by Crippen LogP contribution is 2.24. The molecule has 3 aromatic carbocycles. The van der Waals surface area contributed by atoms with Crippen molar-refractivity contribution in [2.45, 2.75) is 4.90 Å². The highest BCUT2D eigenvalue weighted by atomic mass is 35.5. The van der Waals surface area contributed by atoms with Gasteiger partial charge < -0.3 is 4.74 Å². The Bertz CT molecular complexity index is 1250. The number of benzene rings is 3. The third-order valence-corrected chi connectivity index (χ3v) is 6.51. The van der Waals surface area contributed by atoms with Crippen LogP contribution in [0.1, 0.15) is 15.9 Å². The third-order valence-electron chi connectivity index (χ3n) is 4.47. The Morgan fingerprint density at radius 1 is 1.00 bits per heavy atom. The quantitative estimate of drug-likeness (QED) is 0.299. The number of rotatable bonds is 8. The summed E-state index contributed by atoms with van der Waals surface area (Å²) in [5.41, 5.74) is 3.65. The number of nitrogens with one attached hydrogen (secondary N) is 1. The van der Waals surface area contributed by atoms with E-state index in [2.05, 4.69) is 15.3 Å². The lowest BCUT2D eigenvalue weighted by atomic mass is 10.1. The van der Waals surface area contributed by atoms with Gasteiger partial charge in [-0.2, -0.15) is 5.10 Å². The van der Waals surface area contributed by atoms with Gasteiger partial charge in [-0.05, 0) is 54.1 Å². The number of anilines is 1. The van der Waals surface area contributed by atoms with Gasteiger partial charge in [0.15, 0.2) is 0 Å². The van der Waals surface area contributed by atoms with Crippen molar-refractivity contribution in [3.05, 3.63) is 95.0 Å². The van der Waals surface area contributed by atoms with Crippen LogP contribution in [-0.4, -0.2) is 40.2 Å². The maximum Gasteiger partial charge on any atom is 0.337 e. The molecule has 0 aromatic heterocycles. The topological polar surface area (TPSA) is 105 Å². The van der Waals surface area contributed by atoms with E-state index in [1.807, 2.05) is 0 Å². The van der Waals surface area contributed by atoms with Crippen molar-refractivity contribution in [3.63, 3.8) is 0 Å². The number of esters is 1. The van der Waals surface area contributed by atoms with Crippen LogP contribution in [0.15, 0.2) is 88.9 Å². The van der Waals surface area contributed by atoms with Crippen LogP contribution in [0, 0.1) is 0 Å². The molecule has 0 radical (unpaired) electrons. The number of nitrogens with zero attached hydrogens (tertiary/aromatic N) is 2. The molecule has 0 spiro atoms. The van der Waals surface area contributed by atoms with E-state index in [0.29, 0.717) is 21.8 Å². The zero-order valence-corrected chi connectivity index (χ0v) is 19.1.